The molecule has 2 aromatic heterocycles. The van der Waals surface area contributed by atoms with Crippen molar-refractivity contribution in [2.45, 2.75) is 13.1 Å². The van der Waals surface area contributed by atoms with Gasteiger partial charge in [-0.1, -0.05) is 6.07 Å². The van der Waals surface area contributed by atoms with E-state index < -0.39 is 0 Å². The molecule has 0 unspecified atom stereocenters. The number of nitrogens with zero attached hydrogens (tertiary/aromatic N) is 2. The van der Waals surface area contributed by atoms with Crippen molar-refractivity contribution in [2.75, 3.05) is 0 Å². The van der Waals surface area contributed by atoms with Gasteiger partial charge in [-0.3, -0.25) is 0 Å². The van der Waals surface area contributed by atoms with Crippen LogP contribution in [-0.2, 0) is 13.1 Å². The number of rotatable bonds is 3. The Labute approximate surface area is 104 Å². The standard InChI is InChI=1S/C13H13N3S/c14-8-10-1-2-12-11(7-10)3-5-16(12)9-13-15-4-6-17-13/h1-7H,8-9,14H2. The molecule has 3 nitrogen and oxygen atoms in total. The first-order chi connectivity index (χ1) is 8.36. The monoisotopic (exact) mass is 243 g/mol. The zero-order valence-corrected chi connectivity index (χ0v) is 10.2. The van der Waals surface area contributed by atoms with Crippen LogP contribution in [0.2, 0.25) is 0 Å². The highest BCUT2D eigenvalue weighted by atomic mass is 32.1. The van der Waals surface area contributed by atoms with Crippen molar-refractivity contribution in [3.8, 4) is 0 Å². The molecule has 17 heavy (non-hydrogen) atoms. The number of aromatic nitrogens is 2. The van der Waals surface area contributed by atoms with Gasteiger partial charge >= 0.3 is 0 Å². The maximum atomic E-state index is 5.64. The fraction of sp³-hybridized carbons (Fsp3) is 0.154. The lowest BCUT2D eigenvalue weighted by atomic mass is 10.1. The van der Waals surface area contributed by atoms with Crippen LogP contribution in [0.4, 0.5) is 0 Å². The van der Waals surface area contributed by atoms with Crippen molar-refractivity contribution in [1.29, 1.82) is 0 Å². The Bertz CT molecular complexity index is 625. The highest BCUT2D eigenvalue weighted by Crippen LogP contribution is 2.19. The van der Waals surface area contributed by atoms with Gasteiger partial charge in [0.1, 0.15) is 5.01 Å². The van der Waals surface area contributed by atoms with Gasteiger partial charge in [0.2, 0.25) is 0 Å². The molecule has 0 spiro atoms. The van der Waals surface area contributed by atoms with Gasteiger partial charge in [0.15, 0.2) is 0 Å². The molecular formula is C13H13N3S. The van der Waals surface area contributed by atoms with Gasteiger partial charge in [-0.05, 0) is 29.1 Å². The molecule has 4 heteroatoms. The molecule has 0 saturated carbocycles. The fourth-order valence-corrected chi connectivity index (χ4v) is 2.61. The minimum Gasteiger partial charge on any atom is -0.341 e. The van der Waals surface area contributed by atoms with Gasteiger partial charge in [-0.2, -0.15) is 0 Å². The van der Waals surface area contributed by atoms with E-state index >= 15 is 0 Å². The predicted octanol–water partition coefficient (Wildman–Crippen LogP) is 2.60. The highest BCUT2D eigenvalue weighted by molar-refractivity contribution is 7.09. The number of fused-ring (bicyclic) bond motifs is 1. The smallest absolute Gasteiger partial charge is 0.112 e. The predicted molar refractivity (Wildman–Crippen MR) is 71.0 cm³/mol. The number of hydrogen-bond acceptors (Lipinski definition) is 3. The van der Waals surface area contributed by atoms with Crippen LogP contribution in [0.25, 0.3) is 10.9 Å². The zero-order chi connectivity index (χ0) is 11.7. The summed E-state index contributed by atoms with van der Waals surface area (Å²) in [6.07, 6.45) is 3.95. The van der Waals surface area contributed by atoms with Crippen molar-refractivity contribution in [3.05, 3.63) is 52.6 Å². The molecule has 0 aliphatic heterocycles. The Balaban J connectivity index is 2.00. The largest absolute Gasteiger partial charge is 0.341 e. The minimum atomic E-state index is 0.591. The highest BCUT2D eigenvalue weighted by Gasteiger charge is 2.03. The van der Waals surface area contributed by atoms with Gasteiger partial charge in [-0.25, -0.2) is 4.98 Å². The zero-order valence-electron chi connectivity index (χ0n) is 9.34. The second-order valence-corrected chi connectivity index (χ2v) is 4.95. The van der Waals surface area contributed by atoms with Crippen LogP contribution in [0.1, 0.15) is 10.6 Å². The first-order valence-electron chi connectivity index (χ1n) is 5.53. The summed E-state index contributed by atoms with van der Waals surface area (Å²) in [4.78, 5) is 4.31. The normalized spacial score (nSPS) is 11.1. The summed E-state index contributed by atoms with van der Waals surface area (Å²) >= 11 is 1.69. The lowest BCUT2D eigenvalue weighted by Gasteiger charge is -2.03. The molecule has 0 aliphatic carbocycles. The molecule has 2 heterocycles. The van der Waals surface area contributed by atoms with Crippen LogP contribution in [0.5, 0.6) is 0 Å². The molecule has 0 radical (unpaired) electrons. The second kappa shape index (κ2) is 4.31. The molecule has 86 valence electrons. The number of thiazole rings is 1. The molecule has 0 fully saturated rings. The molecule has 0 atom stereocenters. The third-order valence-electron chi connectivity index (χ3n) is 2.86. The topological polar surface area (TPSA) is 43.8 Å². The van der Waals surface area contributed by atoms with Crippen LogP contribution in [0.15, 0.2) is 42.0 Å². The van der Waals surface area contributed by atoms with E-state index in [-0.39, 0.29) is 0 Å². The summed E-state index contributed by atoms with van der Waals surface area (Å²) in [6, 6.07) is 8.49. The van der Waals surface area contributed by atoms with Crippen molar-refractivity contribution in [3.63, 3.8) is 0 Å². The Kier molecular flexibility index (Phi) is 2.66. The molecule has 3 rings (SSSR count). The summed E-state index contributed by atoms with van der Waals surface area (Å²) < 4.78 is 2.22. The van der Waals surface area contributed by atoms with E-state index in [1.54, 1.807) is 11.3 Å². The van der Waals surface area contributed by atoms with E-state index in [4.69, 9.17) is 5.73 Å². The van der Waals surface area contributed by atoms with E-state index in [2.05, 4.69) is 40.0 Å². The molecular weight excluding hydrogens is 230 g/mol. The van der Waals surface area contributed by atoms with E-state index in [1.165, 1.54) is 16.5 Å². The van der Waals surface area contributed by atoms with Crippen molar-refractivity contribution < 1.29 is 0 Å². The SMILES string of the molecule is NCc1ccc2c(ccn2Cc2nccs2)c1. The maximum Gasteiger partial charge on any atom is 0.112 e. The van der Waals surface area contributed by atoms with Crippen molar-refractivity contribution in [1.82, 2.24) is 9.55 Å². The molecule has 0 amide bonds. The maximum absolute atomic E-state index is 5.64. The van der Waals surface area contributed by atoms with Gasteiger partial charge in [0, 0.05) is 29.8 Å². The van der Waals surface area contributed by atoms with Crippen LogP contribution in [0, 0.1) is 0 Å². The molecule has 2 N–H and O–H groups in total. The van der Waals surface area contributed by atoms with Gasteiger partial charge in [-0.15, -0.1) is 11.3 Å². The van der Waals surface area contributed by atoms with Crippen LogP contribution in [0.3, 0.4) is 0 Å². The van der Waals surface area contributed by atoms with Crippen molar-refractivity contribution >= 4 is 22.2 Å². The number of benzene rings is 1. The second-order valence-electron chi connectivity index (χ2n) is 3.97. The van der Waals surface area contributed by atoms with Gasteiger partial charge in [0.05, 0.1) is 6.54 Å². The number of nitrogens with two attached hydrogens (primary N) is 1. The summed E-state index contributed by atoms with van der Waals surface area (Å²) in [7, 11) is 0. The Morgan fingerprint density at radius 1 is 1.29 bits per heavy atom. The summed E-state index contributed by atoms with van der Waals surface area (Å²) in [5.74, 6) is 0. The summed E-state index contributed by atoms with van der Waals surface area (Å²) in [5.41, 5.74) is 8.05. The molecule has 0 aliphatic rings. The first kappa shape index (κ1) is 10.5. The van der Waals surface area contributed by atoms with E-state index in [0.29, 0.717) is 6.54 Å². The lowest BCUT2D eigenvalue weighted by Crippen LogP contribution is -1.98. The number of hydrogen-bond donors (Lipinski definition) is 1. The van der Waals surface area contributed by atoms with Crippen LogP contribution >= 0.6 is 11.3 Å². The van der Waals surface area contributed by atoms with E-state index in [0.717, 1.165) is 11.6 Å². The quantitative estimate of drug-likeness (QED) is 0.768. The van der Waals surface area contributed by atoms with E-state index in [1.807, 2.05) is 11.6 Å². The van der Waals surface area contributed by atoms with Crippen LogP contribution in [-0.4, -0.2) is 9.55 Å². The lowest BCUT2D eigenvalue weighted by molar-refractivity contribution is 0.828. The third kappa shape index (κ3) is 1.97. The Morgan fingerprint density at radius 3 is 3.00 bits per heavy atom. The Morgan fingerprint density at radius 2 is 2.24 bits per heavy atom. The van der Waals surface area contributed by atoms with E-state index in [9.17, 15) is 0 Å². The van der Waals surface area contributed by atoms with Gasteiger partial charge < -0.3 is 10.3 Å². The summed E-state index contributed by atoms with van der Waals surface area (Å²) in [6.45, 7) is 1.43. The first-order valence-corrected chi connectivity index (χ1v) is 6.41. The van der Waals surface area contributed by atoms with Gasteiger partial charge in [0.25, 0.3) is 0 Å². The average molecular weight is 243 g/mol. The molecule has 3 aromatic rings. The molecule has 0 saturated heterocycles. The average Bonchev–Trinajstić information content (AvgIpc) is 2.99. The fourth-order valence-electron chi connectivity index (χ4n) is 1.99. The van der Waals surface area contributed by atoms with Crippen molar-refractivity contribution in [2.24, 2.45) is 5.73 Å². The minimum absolute atomic E-state index is 0.591. The Hall–Kier alpha value is -1.65. The summed E-state index contributed by atoms with van der Waals surface area (Å²) in [5, 5.41) is 4.38. The third-order valence-corrected chi connectivity index (χ3v) is 3.62. The molecule has 1 aromatic carbocycles. The molecule has 0 bridgehead atoms. The van der Waals surface area contributed by atoms with Crippen LogP contribution < -0.4 is 5.73 Å².